The number of carbonyl (C=O) groups is 1. The van der Waals surface area contributed by atoms with Gasteiger partial charge in [-0.05, 0) is 73.7 Å². The fraction of sp³-hybridized carbons (Fsp3) is 0.444. The van der Waals surface area contributed by atoms with Crippen molar-refractivity contribution in [2.24, 2.45) is 5.41 Å². The average Bonchev–Trinajstić information content (AvgIpc) is 3.27. The summed E-state index contributed by atoms with van der Waals surface area (Å²) in [7, 11) is 0. The highest BCUT2D eigenvalue weighted by Crippen LogP contribution is 2.41. The summed E-state index contributed by atoms with van der Waals surface area (Å²) in [5, 5.41) is 10.3. The third-order valence-corrected chi connectivity index (χ3v) is 8.54. The highest BCUT2D eigenvalue weighted by molar-refractivity contribution is 7.20. The van der Waals surface area contributed by atoms with E-state index >= 15 is 0 Å². The van der Waals surface area contributed by atoms with Gasteiger partial charge in [0.25, 0.3) is 5.91 Å². The lowest BCUT2D eigenvalue weighted by Crippen LogP contribution is -2.50. The van der Waals surface area contributed by atoms with Crippen LogP contribution in [0.2, 0.25) is 0 Å². The summed E-state index contributed by atoms with van der Waals surface area (Å²) < 4.78 is 15.9. The quantitative estimate of drug-likeness (QED) is 0.569. The van der Waals surface area contributed by atoms with Crippen LogP contribution in [0.3, 0.4) is 0 Å². The standard InChI is InChI=1S/C27H31FN2O2S/c28-25-20(9-16-31)6-3-7-22(25)18-29-14-11-27(12-15-29)10-4-13-30(19-27)26(32)24-17-21-5-1-2-8-23(21)33-24/h1-3,5-8,17,31H,4,9-16,18-19H2. The van der Waals surface area contributed by atoms with Gasteiger partial charge in [0, 0.05) is 36.5 Å². The first-order valence-corrected chi connectivity index (χ1v) is 12.8. The number of thiophene rings is 1. The molecule has 174 valence electrons. The predicted molar refractivity (Wildman–Crippen MR) is 131 cm³/mol. The molecular formula is C27H31FN2O2S. The van der Waals surface area contributed by atoms with Crippen molar-refractivity contribution >= 4 is 27.3 Å². The largest absolute Gasteiger partial charge is 0.396 e. The summed E-state index contributed by atoms with van der Waals surface area (Å²) in [6.45, 7) is 4.08. The first kappa shape index (κ1) is 22.5. The van der Waals surface area contributed by atoms with Crippen LogP contribution >= 0.6 is 11.3 Å². The number of carbonyl (C=O) groups excluding carboxylic acids is 1. The molecule has 2 aromatic carbocycles. The second-order valence-corrected chi connectivity index (χ2v) is 10.7. The lowest BCUT2D eigenvalue weighted by molar-refractivity contribution is 0.0198. The summed E-state index contributed by atoms with van der Waals surface area (Å²) in [6, 6.07) is 15.7. The van der Waals surface area contributed by atoms with E-state index in [0.29, 0.717) is 24.1 Å². The van der Waals surface area contributed by atoms with Gasteiger partial charge in [-0.25, -0.2) is 4.39 Å². The molecule has 1 aromatic heterocycles. The number of hydrogen-bond acceptors (Lipinski definition) is 4. The van der Waals surface area contributed by atoms with Gasteiger partial charge in [0.05, 0.1) is 4.88 Å². The second-order valence-electron chi connectivity index (χ2n) is 9.62. The molecule has 1 amide bonds. The molecule has 4 nitrogen and oxygen atoms in total. The summed E-state index contributed by atoms with van der Waals surface area (Å²) in [5.74, 6) is -0.00918. The van der Waals surface area contributed by atoms with Crippen LogP contribution in [0, 0.1) is 11.2 Å². The zero-order valence-electron chi connectivity index (χ0n) is 18.9. The highest BCUT2D eigenvalue weighted by atomic mass is 32.1. The van der Waals surface area contributed by atoms with E-state index in [4.69, 9.17) is 5.11 Å². The Balaban J connectivity index is 1.22. The Morgan fingerprint density at radius 1 is 1.03 bits per heavy atom. The van der Waals surface area contributed by atoms with Crippen LogP contribution in [-0.2, 0) is 13.0 Å². The van der Waals surface area contributed by atoms with E-state index in [1.807, 2.05) is 30.3 Å². The fourth-order valence-corrected chi connectivity index (χ4v) is 6.56. The molecule has 0 bridgehead atoms. The third-order valence-electron chi connectivity index (χ3n) is 7.44. The first-order chi connectivity index (χ1) is 16.1. The molecule has 3 heterocycles. The number of rotatable bonds is 5. The number of hydrogen-bond donors (Lipinski definition) is 1. The molecule has 1 N–H and O–H groups in total. The summed E-state index contributed by atoms with van der Waals surface area (Å²) in [5.41, 5.74) is 1.48. The molecule has 0 aliphatic carbocycles. The molecule has 2 aliphatic rings. The number of halogens is 1. The molecule has 2 fully saturated rings. The van der Waals surface area contributed by atoms with Crippen LogP contribution < -0.4 is 0 Å². The van der Waals surface area contributed by atoms with Crippen LogP contribution in [0.25, 0.3) is 10.1 Å². The van der Waals surface area contributed by atoms with Crippen molar-refractivity contribution in [3.8, 4) is 0 Å². The molecule has 0 atom stereocenters. The molecule has 3 aromatic rings. The summed E-state index contributed by atoms with van der Waals surface area (Å²) in [4.78, 5) is 18.5. The Bertz CT molecular complexity index is 1100. The fourth-order valence-electron chi connectivity index (χ4n) is 5.53. The number of amides is 1. The van der Waals surface area contributed by atoms with Crippen molar-refractivity contribution in [2.75, 3.05) is 32.8 Å². The topological polar surface area (TPSA) is 43.8 Å². The number of piperidine rings is 2. The van der Waals surface area contributed by atoms with Crippen molar-refractivity contribution < 1.29 is 14.3 Å². The van der Waals surface area contributed by atoms with Crippen molar-refractivity contribution in [1.29, 1.82) is 0 Å². The highest BCUT2D eigenvalue weighted by Gasteiger charge is 2.40. The minimum atomic E-state index is -0.176. The minimum absolute atomic E-state index is 0.0384. The lowest BCUT2D eigenvalue weighted by Gasteiger charge is -2.47. The van der Waals surface area contributed by atoms with Gasteiger partial charge >= 0.3 is 0 Å². The van der Waals surface area contributed by atoms with Crippen LogP contribution in [0.4, 0.5) is 4.39 Å². The second kappa shape index (κ2) is 9.53. The van der Waals surface area contributed by atoms with E-state index in [0.717, 1.165) is 66.8 Å². The zero-order chi connectivity index (χ0) is 22.8. The van der Waals surface area contributed by atoms with Gasteiger partial charge < -0.3 is 10.0 Å². The maximum absolute atomic E-state index is 14.8. The van der Waals surface area contributed by atoms with Crippen LogP contribution in [0.5, 0.6) is 0 Å². The molecule has 2 saturated heterocycles. The monoisotopic (exact) mass is 466 g/mol. The Hall–Kier alpha value is -2.28. The molecule has 0 saturated carbocycles. The molecule has 6 heteroatoms. The third kappa shape index (κ3) is 4.70. The molecule has 1 spiro atoms. The van der Waals surface area contributed by atoms with Crippen molar-refractivity contribution in [2.45, 2.75) is 38.6 Å². The zero-order valence-corrected chi connectivity index (χ0v) is 19.7. The van der Waals surface area contributed by atoms with Crippen molar-refractivity contribution in [3.05, 3.63) is 70.4 Å². The normalized spacial score (nSPS) is 18.8. The number of aliphatic hydroxyl groups excluding tert-OH is 1. The van der Waals surface area contributed by atoms with Gasteiger partial charge in [-0.3, -0.25) is 9.69 Å². The molecule has 33 heavy (non-hydrogen) atoms. The Morgan fingerprint density at radius 2 is 1.82 bits per heavy atom. The van der Waals surface area contributed by atoms with Gasteiger partial charge in [0.1, 0.15) is 5.82 Å². The number of fused-ring (bicyclic) bond motifs is 1. The first-order valence-electron chi connectivity index (χ1n) is 11.9. The maximum Gasteiger partial charge on any atom is 0.263 e. The summed E-state index contributed by atoms with van der Waals surface area (Å²) >= 11 is 1.59. The van der Waals surface area contributed by atoms with Gasteiger partial charge in [0.15, 0.2) is 0 Å². The average molecular weight is 467 g/mol. The lowest BCUT2D eigenvalue weighted by atomic mass is 9.72. The van der Waals surface area contributed by atoms with Crippen LogP contribution in [0.1, 0.15) is 46.5 Å². The van der Waals surface area contributed by atoms with E-state index in [2.05, 4.69) is 21.9 Å². The molecule has 0 radical (unpaired) electrons. The Kier molecular flexibility index (Phi) is 6.50. The van der Waals surface area contributed by atoms with E-state index < -0.39 is 0 Å². The van der Waals surface area contributed by atoms with Gasteiger partial charge in [0.2, 0.25) is 0 Å². The predicted octanol–water partition coefficient (Wildman–Crippen LogP) is 5.09. The van der Waals surface area contributed by atoms with Gasteiger partial charge in [-0.2, -0.15) is 0 Å². The smallest absolute Gasteiger partial charge is 0.263 e. The molecule has 0 unspecified atom stereocenters. The van der Waals surface area contributed by atoms with Gasteiger partial charge in [-0.15, -0.1) is 11.3 Å². The molecule has 2 aliphatic heterocycles. The minimum Gasteiger partial charge on any atom is -0.396 e. The Morgan fingerprint density at radius 3 is 2.61 bits per heavy atom. The summed E-state index contributed by atoms with van der Waals surface area (Å²) in [6.07, 6.45) is 4.65. The van der Waals surface area contributed by atoms with E-state index in [9.17, 15) is 9.18 Å². The molecule has 5 rings (SSSR count). The van der Waals surface area contributed by atoms with Crippen LogP contribution in [0.15, 0.2) is 48.5 Å². The van der Waals surface area contributed by atoms with E-state index in [1.54, 1.807) is 17.4 Å². The van der Waals surface area contributed by atoms with E-state index in [-0.39, 0.29) is 23.7 Å². The van der Waals surface area contributed by atoms with Crippen LogP contribution in [-0.4, -0.2) is 53.6 Å². The number of benzene rings is 2. The van der Waals surface area contributed by atoms with Crippen molar-refractivity contribution in [1.82, 2.24) is 9.80 Å². The molecular weight excluding hydrogens is 435 g/mol. The van der Waals surface area contributed by atoms with Gasteiger partial charge in [-0.1, -0.05) is 36.4 Å². The Labute approximate surface area is 198 Å². The maximum atomic E-state index is 14.8. The van der Waals surface area contributed by atoms with E-state index in [1.165, 1.54) is 0 Å². The number of aliphatic hydroxyl groups is 1. The number of nitrogens with zero attached hydrogens (tertiary/aromatic N) is 2. The SMILES string of the molecule is O=C(c1cc2ccccc2s1)N1CCCC2(CCN(Cc3cccc(CCO)c3F)CC2)C1. The number of likely N-dealkylation sites (tertiary alicyclic amines) is 2. The van der Waals surface area contributed by atoms with Crippen molar-refractivity contribution in [3.63, 3.8) is 0 Å².